The highest BCUT2D eigenvalue weighted by atomic mass is 19.3. The zero-order valence-electron chi connectivity index (χ0n) is 23.0. The molecule has 0 bridgehead atoms. The predicted molar refractivity (Wildman–Crippen MR) is 150 cm³/mol. The normalized spacial score (nSPS) is 19.5. The number of nitrogens with zero attached hydrogens (tertiary/aromatic N) is 6. The number of alkyl halides is 2. The summed E-state index contributed by atoms with van der Waals surface area (Å²) in [4.78, 5) is 29.8. The van der Waals surface area contributed by atoms with Gasteiger partial charge in [-0.05, 0) is 63.0 Å². The number of rotatable bonds is 10. The molecule has 39 heavy (non-hydrogen) atoms. The number of carbonyl (C=O) groups excluding carboxylic acids is 1. The number of nitrogens with one attached hydrogen (secondary N) is 2. The Morgan fingerprint density at radius 2 is 1.77 bits per heavy atom. The van der Waals surface area contributed by atoms with E-state index < -0.39 is 6.43 Å². The standard InChI is InChI=1S/C28H40F2N8O/c1-35-11-8-25(39)38(17-14-35)10-3-9-31-27-23(26(29)30)19-32-28(34-27)33-24-7-6-21(18-22(24)20-4-5-20)37-15-12-36(2)13-16-37/h6-7,18-20,26H,3-5,8-17H2,1-2H3,(H2,31,32,33,34). The molecular weight excluding hydrogens is 502 g/mol. The fourth-order valence-corrected chi connectivity index (χ4v) is 5.22. The summed E-state index contributed by atoms with van der Waals surface area (Å²) in [5.74, 6) is 1.07. The first-order valence-electron chi connectivity index (χ1n) is 14.1. The van der Waals surface area contributed by atoms with Gasteiger partial charge in [-0.1, -0.05) is 0 Å². The summed E-state index contributed by atoms with van der Waals surface area (Å²) >= 11 is 0. The van der Waals surface area contributed by atoms with Gasteiger partial charge in [0, 0.05) is 82.9 Å². The zero-order valence-corrected chi connectivity index (χ0v) is 23.0. The first-order chi connectivity index (χ1) is 18.9. The number of piperazine rings is 1. The summed E-state index contributed by atoms with van der Waals surface area (Å²) in [6, 6.07) is 6.45. The molecule has 0 atom stereocenters. The van der Waals surface area contributed by atoms with Crippen molar-refractivity contribution in [1.82, 2.24) is 24.7 Å². The first-order valence-corrected chi connectivity index (χ1v) is 14.1. The van der Waals surface area contributed by atoms with E-state index in [1.54, 1.807) is 0 Å². The van der Waals surface area contributed by atoms with Gasteiger partial charge in [-0.3, -0.25) is 4.79 Å². The molecule has 0 spiro atoms. The minimum Gasteiger partial charge on any atom is -0.369 e. The molecule has 1 aliphatic carbocycles. The first kappa shape index (κ1) is 27.5. The van der Waals surface area contributed by atoms with Gasteiger partial charge in [-0.25, -0.2) is 13.8 Å². The van der Waals surface area contributed by atoms with Crippen LogP contribution in [-0.2, 0) is 4.79 Å². The minimum atomic E-state index is -2.69. The van der Waals surface area contributed by atoms with Crippen molar-refractivity contribution in [3.63, 3.8) is 0 Å². The van der Waals surface area contributed by atoms with Crippen LogP contribution in [0, 0.1) is 0 Å². The Labute approximate surface area is 229 Å². The van der Waals surface area contributed by atoms with E-state index in [0.29, 0.717) is 44.3 Å². The number of hydrogen-bond donors (Lipinski definition) is 2. The maximum absolute atomic E-state index is 13.7. The van der Waals surface area contributed by atoms with E-state index in [4.69, 9.17) is 0 Å². The molecule has 3 heterocycles. The lowest BCUT2D eigenvalue weighted by molar-refractivity contribution is -0.130. The number of aromatic nitrogens is 2. The van der Waals surface area contributed by atoms with Crippen molar-refractivity contribution in [1.29, 1.82) is 0 Å². The summed E-state index contributed by atoms with van der Waals surface area (Å²) in [5, 5.41) is 6.38. The largest absolute Gasteiger partial charge is 0.369 e. The van der Waals surface area contributed by atoms with Gasteiger partial charge in [-0.15, -0.1) is 0 Å². The SMILES string of the molecule is CN1CCC(=O)N(CCCNc2nc(Nc3ccc(N4CCN(C)CC4)cc3C3CC3)ncc2C(F)F)CC1. The lowest BCUT2D eigenvalue weighted by Crippen LogP contribution is -2.44. The zero-order chi connectivity index (χ0) is 27.4. The smallest absolute Gasteiger partial charge is 0.268 e. The molecule has 1 amide bonds. The van der Waals surface area contributed by atoms with Crippen molar-refractivity contribution in [3.8, 4) is 0 Å². The van der Waals surface area contributed by atoms with Crippen LogP contribution in [0.2, 0.25) is 0 Å². The van der Waals surface area contributed by atoms with Gasteiger partial charge in [0.05, 0.1) is 5.56 Å². The number of hydrogen-bond acceptors (Lipinski definition) is 8. The maximum Gasteiger partial charge on any atom is 0.268 e. The van der Waals surface area contributed by atoms with E-state index in [0.717, 1.165) is 57.8 Å². The molecule has 3 fully saturated rings. The fourth-order valence-electron chi connectivity index (χ4n) is 5.22. The summed E-state index contributed by atoms with van der Waals surface area (Å²) < 4.78 is 27.5. The lowest BCUT2D eigenvalue weighted by atomic mass is 10.1. The monoisotopic (exact) mass is 542 g/mol. The fraction of sp³-hybridized carbons (Fsp3) is 0.607. The van der Waals surface area contributed by atoms with Crippen molar-refractivity contribution in [3.05, 3.63) is 35.5 Å². The Kier molecular flexibility index (Phi) is 8.76. The Bertz CT molecular complexity index is 1140. The van der Waals surface area contributed by atoms with Crippen LogP contribution in [0.4, 0.5) is 31.9 Å². The van der Waals surface area contributed by atoms with Crippen LogP contribution in [0.1, 0.15) is 49.2 Å². The van der Waals surface area contributed by atoms with Gasteiger partial charge in [0.25, 0.3) is 6.43 Å². The Morgan fingerprint density at radius 1 is 1.03 bits per heavy atom. The highest BCUT2D eigenvalue weighted by molar-refractivity contribution is 5.76. The molecule has 3 aliphatic rings. The van der Waals surface area contributed by atoms with Crippen LogP contribution in [0.5, 0.6) is 0 Å². The van der Waals surface area contributed by atoms with E-state index in [9.17, 15) is 13.6 Å². The average Bonchev–Trinajstić information content (AvgIpc) is 3.78. The van der Waals surface area contributed by atoms with E-state index >= 15 is 0 Å². The molecule has 0 unspecified atom stereocenters. The molecule has 5 rings (SSSR count). The average molecular weight is 543 g/mol. The molecule has 2 saturated heterocycles. The van der Waals surface area contributed by atoms with E-state index in [2.05, 4.69) is 60.5 Å². The molecular formula is C28H40F2N8O. The summed E-state index contributed by atoms with van der Waals surface area (Å²) in [5.41, 5.74) is 3.16. The third kappa shape index (κ3) is 7.13. The molecule has 2 aromatic rings. The van der Waals surface area contributed by atoms with Crippen molar-refractivity contribution in [2.24, 2.45) is 0 Å². The van der Waals surface area contributed by atoms with Crippen molar-refractivity contribution in [2.45, 2.75) is 38.0 Å². The summed E-state index contributed by atoms with van der Waals surface area (Å²) in [6.45, 7) is 7.42. The Morgan fingerprint density at radius 3 is 2.51 bits per heavy atom. The topological polar surface area (TPSA) is 79.9 Å². The molecule has 1 saturated carbocycles. The van der Waals surface area contributed by atoms with Crippen LogP contribution in [0.25, 0.3) is 0 Å². The summed E-state index contributed by atoms with van der Waals surface area (Å²) in [7, 11) is 4.17. The quantitative estimate of drug-likeness (QED) is 0.440. The molecule has 11 heteroatoms. The third-order valence-corrected chi connectivity index (χ3v) is 7.93. The lowest BCUT2D eigenvalue weighted by Gasteiger charge is -2.34. The van der Waals surface area contributed by atoms with Crippen molar-refractivity contribution < 1.29 is 13.6 Å². The highest BCUT2D eigenvalue weighted by Crippen LogP contribution is 2.45. The third-order valence-electron chi connectivity index (χ3n) is 7.93. The van der Waals surface area contributed by atoms with Gasteiger partial charge in [0.15, 0.2) is 0 Å². The second kappa shape index (κ2) is 12.4. The number of likely N-dealkylation sites (N-methyl/N-ethyl adjacent to an activating group) is 2. The number of anilines is 4. The molecule has 1 aromatic heterocycles. The van der Waals surface area contributed by atoms with Crippen molar-refractivity contribution >= 4 is 29.0 Å². The second-order valence-corrected chi connectivity index (χ2v) is 11.0. The minimum absolute atomic E-state index is 0.131. The number of halogens is 2. The van der Waals surface area contributed by atoms with Crippen molar-refractivity contribution in [2.75, 3.05) is 88.5 Å². The molecule has 2 N–H and O–H groups in total. The van der Waals surface area contributed by atoms with Crippen LogP contribution in [-0.4, -0.2) is 104 Å². The molecule has 1 aromatic carbocycles. The van der Waals surface area contributed by atoms with Gasteiger partial charge in [-0.2, -0.15) is 4.98 Å². The van der Waals surface area contributed by atoms with Crippen LogP contribution >= 0.6 is 0 Å². The second-order valence-electron chi connectivity index (χ2n) is 11.0. The van der Waals surface area contributed by atoms with E-state index in [1.807, 2.05) is 11.9 Å². The maximum atomic E-state index is 13.7. The Hall–Kier alpha value is -3.05. The number of carbonyl (C=O) groups is 1. The van der Waals surface area contributed by atoms with Crippen LogP contribution in [0.3, 0.4) is 0 Å². The summed E-state index contributed by atoms with van der Waals surface area (Å²) in [6.07, 6.45) is 1.97. The van der Waals surface area contributed by atoms with Gasteiger partial charge in [0.2, 0.25) is 11.9 Å². The molecule has 9 nitrogen and oxygen atoms in total. The molecule has 212 valence electrons. The van der Waals surface area contributed by atoms with Gasteiger partial charge in [0.1, 0.15) is 5.82 Å². The molecule has 2 aliphatic heterocycles. The van der Waals surface area contributed by atoms with Gasteiger partial charge >= 0.3 is 0 Å². The van der Waals surface area contributed by atoms with Crippen LogP contribution in [0.15, 0.2) is 24.4 Å². The molecule has 0 radical (unpaired) electrons. The van der Waals surface area contributed by atoms with Gasteiger partial charge < -0.3 is 30.2 Å². The van der Waals surface area contributed by atoms with E-state index in [-0.39, 0.29) is 17.3 Å². The number of amides is 1. The number of benzene rings is 1. The predicted octanol–water partition coefficient (Wildman–Crippen LogP) is 3.75. The van der Waals surface area contributed by atoms with Crippen LogP contribution < -0.4 is 15.5 Å². The van der Waals surface area contributed by atoms with E-state index in [1.165, 1.54) is 17.4 Å². The highest BCUT2D eigenvalue weighted by Gasteiger charge is 2.28. The Balaban J connectivity index is 1.24.